The normalized spacial score (nSPS) is 12.0. The lowest BCUT2D eigenvalue weighted by Gasteiger charge is -2.01. The molecule has 104 valence electrons. The molecule has 0 atom stereocenters. The average molecular weight is 295 g/mol. The fourth-order valence-corrected chi connectivity index (χ4v) is 3.13. The molecule has 2 aromatic carbocycles. The number of sulfone groups is 1. The summed E-state index contributed by atoms with van der Waals surface area (Å²) in [4.78, 5) is 4.55. The molecule has 0 aliphatic rings. The van der Waals surface area contributed by atoms with Crippen LogP contribution >= 0.6 is 0 Å². The van der Waals surface area contributed by atoms with Crippen molar-refractivity contribution >= 4 is 26.8 Å². The van der Waals surface area contributed by atoms with Crippen molar-refractivity contribution in [3.8, 4) is 0 Å². The Bertz CT molecular complexity index is 895. The van der Waals surface area contributed by atoms with Crippen LogP contribution in [0.5, 0.6) is 0 Å². The van der Waals surface area contributed by atoms with Crippen LogP contribution < -0.4 is 0 Å². The highest BCUT2D eigenvalue weighted by Crippen LogP contribution is 2.19. The average Bonchev–Trinajstić information content (AvgIpc) is 2.54. The monoisotopic (exact) mass is 295 g/mol. The predicted molar refractivity (Wildman–Crippen MR) is 84.4 cm³/mol. The molecule has 4 heteroatoms. The van der Waals surface area contributed by atoms with E-state index in [1.54, 1.807) is 48.7 Å². The minimum Gasteiger partial charge on any atom is -0.256 e. The van der Waals surface area contributed by atoms with Crippen molar-refractivity contribution in [1.29, 1.82) is 0 Å². The van der Waals surface area contributed by atoms with E-state index < -0.39 is 9.84 Å². The molecule has 3 nitrogen and oxygen atoms in total. The van der Waals surface area contributed by atoms with E-state index in [0.717, 1.165) is 16.5 Å². The molecule has 0 saturated carbocycles. The number of fused-ring (bicyclic) bond motifs is 1. The maximum absolute atomic E-state index is 12.2. The van der Waals surface area contributed by atoms with Crippen LogP contribution in [0.15, 0.2) is 77.2 Å². The van der Waals surface area contributed by atoms with Gasteiger partial charge in [0.05, 0.1) is 10.4 Å². The van der Waals surface area contributed by atoms with Gasteiger partial charge < -0.3 is 0 Å². The van der Waals surface area contributed by atoms with E-state index in [9.17, 15) is 8.42 Å². The minimum absolute atomic E-state index is 0.291. The molecule has 0 amide bonds. The molecular weight excluding hydrogens is 282 g/mol. The highest BCUT2D eigenvalue weighted by Gasteiger charge is 2.09. The van der Waals surface area contributed by atoms with Gasteiger partial charge in [0.15, 0.2) is 9.84 Å². The molecule has 0 bridgehead atoms. The zero-order chi connectivity index (χ0) is 14.7. The van der Waals surface area contributed by atoms with E-state index in [1.807, 2.05) is 24.3 Å². The van der Waals surface area contributed by atoms with E-state index in [1.165, 1.54) is 5.41 Å². The van der Waals surface area contributed by atoms with Crippen molar-refractivity contribution in [3.05, 3.63) is 77.8 Å². The molecule has 0 aliphatic heterocycles. The fraction of sp³-hybridized carbons (Fsp3) is 0. The Balaban J connectivity index is 2.03. The summed E-state index contributed by atoms with van der Waals surface area (Å²) < 4.78 is 24.5. The smallest absolute Gasteiger partial charge is 0.199 e. The Labute approximate surface area is 123 Å². The lowest BCUT2D eigenvalue weighted by atomic mass is 10.1. The van der Waals surface area contributed by atoms with E-state index in [4.69, 9.17) is 0 Å². The van der Waals surface area contributed by atoms with Gasteiger partial charge in [-0.05, 0) is 35.9 Å². The van der Waals surface area contributed by atoms with Crippen LogP contribution in [0.2, 0.25) is 0 Å². The summed E-state index contributed by atoms with van der Waals surface area (Å²) in [6.45, 7) is 0. The molecule has 0 N–H and O–H groups in total. The summed E-state index contributed by atoms with van der Waals surface area (Å²) in [6, 6.07) is 17.8. The molecule has 0 radical (unpaired) electrons. The third-order valence-electron chi connectivity index (χ3n) is 3.18. The van der Waals surface area contributed by atoms with Gasteiger partial charge in [-0.15, -0.1) is 0 Å². The zero-order valence-corrected chi connectivity index (χ0v) is 12.0. The SMILES string of the molecule is O=S(=O)(/C=C/c1ccnc2ccccc12)c1ccccc1. The largest absolute Gasteiger partial charge is 0.256 e. The van der Waals surface area contributed by atoms with Gasteiger partial charge in [0, 0.05) is 17.0 Å². The highest BCUT2D eigenvalue weighted by atomic mass is 32.2. The first-order valence-electron chi connectivity index (χ1n) is 6.49. The lowest BCUT2D eigenvalue weighted by Crippen LogP contribution is -1.95. The summed E-state index contributed by atoms with van der Waals surface area (Å²) in [7, 11) is -3.43. The first-order valence-corrected chi connectivity index (χ1v) is 8.03. The summed E-state index contributed by atoms with van der Waals surface area (Å²) in [6.07, 6.45) is 3.30. The summed E-state index contributed by atoms with van der Waals surface area (Å²) in [5.74, 6) is 0. The maximum Gasteiger partial charge on any atom is 0.199 e. The lowest BCUT2D eigenvalue weighted by molar-refractivity contribution is 0.605. The Morgan fingerprint density at radius 1 is 0.857 bits per heavy atom. The third-order valence-corrected chi connectivity index (χ3v) is 4.60. The second-order valence-electron chi connectivity index (χ2n) is 4.58. The molecule has 3 aromatic rings. The van der Waals surface area contributed by atoms with Gasteiger partial charge in [-0.1, -0.05) is 36.4 Å². The Hall–Kier alpha value is -2.46. The number of aromatic nitrogens is 1. The number of hydrogen-bond donors (Lipinski definition) is 0. The van der Waals surface area contributed by atoms with Crippen molar-refractivity contribution in [1.82, 2.24) is 4.98 Å². The van der Waals surface area contributed by atoms with Gasteiger partial charge in [-0.2, -0.15) is 0 Å². The Kier molecular flexibility index (Phi) is 3.54. The molecule has 0 aliphatic carbocycles. The molecule has 3 rings (SSSR count). The van der Waals surface area contributed by atoms with E-state index >= 15 is 0 Å². The molecule has 21 heavy (non-hydrogen) atoms. The molecular formula is C17H13NO2S. The van der Waals surface area contributed by atoms with Gasteiger partial charge in [0.2, 0.25) is 0 Å². The molecule has 1 aromatic heterocycles. The maximum atomic E-state index is 12.2. The summed E-state index contributed by atoms with van der Waals surface area (Å²) in [5, 5.41) is 2.17. The Morgan fingerprint density at radius 3 is 2.38 bits per heavy atom. The van der Waals surface area contributed by atoms with E-state index in [0.29, 0.717) is 4.90 Å². The van der Waals surface area contributed by atoms with Crippen LogP contribution in [0, 0.1) is 0 Å². The van der Waals surface area contributed by atoms with Crippen LogP contribution in [-0.2, 0) is 9.84 Å². The van der Waals surface area contributed by atoms with Crippen molar-refractivity contribution in [2.45, 2.75) is 4.90 Å². The van der Waals surface area contributed by atoms with Crippen molar-refractivity contribution in [2.75, 3.05) is 0 Å². The van der Waals surface area contributed by atoms with Crippen LogP contribution in [0.3, 0.4) is 0 Å². The van der Waals surface area contributed by atoms with Crippen LogP contribution in [-0.4, -0.2) is 13.4 Å². The number of para-hydroxylation sites is 1. The summed E-state index contributed by atoms with van der Waals surface area (Å²) >= 11 is 0. The van der Waals surface area contributed by atoms with Crippen LogP contribution in [0.25, 0.3) is 17.0 Å². The number of nitrogens with zero attached hydrogens (tertiary/aromatic N) is 1. The minimum atomic E-state index is -3.43. The number of rotatable bonds is 3. The summed E-state index contributed by atoms with van der Waals surface area (Å²) in [5.41, 5.74) is 1.68. The molecule has 0 spiro atoms. The Morgan fingerprint density at radius 2 is 1.57 bits per heavy atom. The standard InChI is InChI=1S/C17H13NO2S/c19-21(20,15-6-2-1-3-7-15)13-11-14-10-12-18-17-9-5-4-8-16(14)17/h1-13H/b13-11+. The molecule has 0 saturated heterocycles. The van der Waals surface area contributed by atoms with E-state index in [-0.39, 0.29) is 0 Å². The topological polar surface area (TPSA) is 47.0 Å². The number of hydrogen-bond acceptors (Lipinski definition) is 3. The molecule has 1 heterocycles. The van der Waals surface area contributed by atoms with Crippen molar-refractivity contribution in [2.24, 2.45) is 0 Å². The van der Waals surface area contributed by atoms with Gasteiger partial charge in [-0.3, -0.25) is 4.98 Å². The van der Waals surface area contributed by atoms with Crippen molar-refractivity contribution in [3.63, 3.8) is 0 Å². The third kappa shape index (κ3) is 2.85. The van der Waals surface area contributed by atoms with Gasteiger partial charge >= 0.3 is 0 Å². The van der Waals surface area contributed by atoms with Gasteiger partial charge in [0.25, 0.3) is 0 Å². The van der Waals surface area contributed by atoms with Crippen LogP contribution in [0.4, 0.5) is 0 Å². The van der Waals surface area contributed by atoms with Crippen LogP contribution in [0.1, 0.15) is 5.56 Å². The second kappa shape index (κ2) is 5.50. The predicted octanol–water partition coefficient (Wildman–Crippen LogP) is 3.68. The second-order valence-corrected chi connectivity index (χ2v) is 6.41. The number of pyridine rings is 1. The fourth-order valence-electron chi connectivity index (χ4n) is 2.11. The zero-order valence-electron chi connectivity index (χ0n) is 11.2. The molecule has 0 unspecified atom stereocenters. The highest BCUT2D eigenvalue weighted by molar-refractivity contribution is 7.94. The van der Waals surface area contributed by atoms with E-state index in [2.05, 4.69) is 4.98 Å². The van der Waals surface area contributed by atoms with Gasteiger partial charge in [0.1, 0.15) is 0 Å². The first-order chi connectivity index (χ1) is 10.2. The van der Waals surface area contributed by atoms with Gasteiger partial charge in [-0.25, -0.2) is 8.42 Å². The number of benzene rings is 2. The quantitative estimate of drug-likeness (QED) is 0.740. The molecule has 0 fully saturated rings. The van der Waals surface area contributed by atoms with Crippen molar-refractivity contribution < 1.29 is 8.42 Å². The first kappa shape index (κ1) is 13.5.